The number of thioether (sulfide) groups is 2. The lowest BCUT2D eigenvalue weighted by molar-refractivity contribution is -0.138. The molecule has 2 heterocycles. The summed E-state index contributed by atoms with van der Waals surface area (Å²) in [6.45, 7) is 0. The fourth-order valence-electron chi connectivity index (χ4n) is 7.99. The van der Waals surface area contributed by atoms with Crippen molar-refractivity contribution in [1.82, 2.24) is 20.9 Å². The van der Waals surface area contributed by atoms with Crippen LogP contribution in [0.4, 0.5) is 0 Å². The predicted octanol–water partition coefficient (Wildman–Crippen LogP) is 9.34. The fourth-order valence-corrected chi connectivity index (χ4v) is 10.5. The smallest absolute Gasteiger partial charge is 0.280 e. The minimum absolute atomic E-state index is 0.0380. The number of benzene rings is 6. The molecule has 2 saturated heterocycles. The van der Waals surface area contributed by atoms with Crippen LogP contribution in [0, 0.1) is 0 Å². The summed E-state index contributed by atoms with van der Waals surface area (Å²) in [6, 6.07) is 29.9. The number of carbonyl (C=O) groups is 4. The van der Waals surface area contributed by atoms with Gasteiger partial charge >= 0.3 is 0 Å². The average molecular weight is 927 g/mol. The third kappa shape index (κ3) is 9.84. The highest BCUT2D eigenvalue weighted by Crippen LogP contribution is 2.51. The topological polar surface area (TPSA) is 220 Å². The SMILES string of the molecule is O=C(CCCCCCCCC(=O)NN1C(=O)/C(=C\c2ccc(O)c(O)c2)SC1c1c(O)ccc2ccccc12)NN1C(=O)/C(=C\c2ccc(O)c(O)c2)SC1c1c(O)ccc2ccccc12. The molecule has 4 amide bonds. The highest BCUT2D eigenvalue weighted by molar-refractivity contribution is 8.05. The molecule has 0 saturated carbocycles. The van der Waals surface area contributed by atoms with Crippen molar-refractivity contribution in [3.05, 3.63) is 141 Å². The maximum Gasteiger partial charge on any atom is 0.280 e. The average Bonchev–Trinajstić information content (AvgIpc) is 3.76. The maximum atomic E-state index is 13.9. The summed E-state index contributed by atoms with van der Waals surface area (Å²) in [5, 5.41) is 65.8. The van der Waals surface area contributed by atoms with Gasteiger partial charge in [-0.25, -0.2) is 10.0 Å². The summed E-state index contributed by atoms with van der Waals surface area (Å²) in [7, 11) is 0. The van der Waals surface area contributed by atoms with Gasteiger partial charge in [-0.2, -0.15) is 0 Å². The number of hydrogen-bond acceptors (Lipinski definition) is 12. The first kappa shape index (κ1) is 45.3. The highest BCUT2D eigenvalue weighted by atomic mass is 32.2. The van der Waals surface area contributed by atoms with E-state index in [1.165, 1.54) is 34.3 Å². The van der Waals surface area contributed by atoms with Gasteiger partial charge in [-0.15, -0.1) is 0 Å². The van der Waals surface area contributed by atoms with Crippen LogP contribution in [0.15, 0.2) is 119 Å². The third-order valence-corrected chi connectivity index (χ3v) is 13.8. The van der Waals surface area contributed by atoms with E-state index in [9.17, 15) is 49.8 Å². The lowest BCUT2D eigenvalue weighted by atomic mass is 10.0. The number of nitrogens with zero attached hydrogens (tertiary/aromatic N) is 2. The molecule has 0 spiro atoms. The van der Waals surface area contributed by atoms with Gasteiger partial charge in [0.1, 0.15) is 22.2 Å². The molecule has 2 atom stereocenters. The molecule has 338 valence electrons. The van der Waals surface area contributed by atoms with E-state index in [-0.39, 0.29) is 69.0 Å². The number of nitrogens with one attached hydrogen (secondary N) is 2. The summed E-state index contributed by atoms with van der Waals surface area (Å²) in [4.78, 5) is 55.0. The molecule has 6 aromatic rings. The zero-order chi connectivity index (χ0) is 46.5. The van der Waals surface area contributed by atoms with Crippen LogP contribution in [-0.2, 0) is 19.2 Å². The van der Waals surface area contributed by atoms with Crippen LogP contribution < -0.4 is 10.9 Å². The standard InChI is InChI=1S/C50H46N4O10S2/c55-35-21-17-29(25-39(35)59)27-41-47(63)53(49(65-41)45-33-13-9-7-11-31(33)19-23-37(45)57)51-43(61)15-5-3-1-2-4-6-16-44(62)52-54-48(64)42(28-30-18-22-36(56)40(60)26-30)66-50(54)46-34-14-10-8-12-32(34)20-24-38(46)58/h7-14,17-28,49-50,55-60H,1-6,15-16H2,(H,51,61)(H,52,62)/b41-27+,42-28+. The van der Waals surface area contributed by atoms with E-state index >= 15 is 0 Å². The maximum absolute atomic E-state index is 13.9. The Morgan fingerprint density at radius 1 is 0.485 bits per heavy atom. The van der Waals surface area contributed by atoms with E-state index in [0.29, 0.717) is 45.9 Å². The van der Waals surface area contributed by atoms with Crippen molar-refractivity contribution in [3.8, 4) is 34.5 Å². The van der Waals surface area contributed by atoms with E-state index in [2.05, 4.69) is 10.9 Å². The van der Waals surface area contributed by atoms with E-state index in [0.717, 1.165) is 60.0 Å². The molecule has 66 heavy (non-hydrogen) atoms. The van der Waals surface area contributed by atoms with Crippen molar-refractivity contribution >= 4 is 80.8 Å². The largest absolute Gasteiger partial charge is 0.508 e. The van der Waals surface area contributed by atoms with Gasteiger partial charge in [0, 0.05) is 24.0 Å². The van der Waals surface area contributed by atoms with Crippen LogP contribution >= 0.6 is 23.5 Å². The van der Waals surface area contributed by atoms with Crippen LogP contribution in [0.3, 0.4) is 0 Å². The Hall–Kier alpha value is -7.30. The predicted molar refractivity (Wildman–Crippen MR) is 254 cm³/mol. The molecule has 0 aliphatic carbocycles. The number of unbranched alkanes of at least 4 members (excludes halogenated alkanes) is 5. The summed E-state index contributed by atoms with van der Waals surface area (Å²) >= 11 is 2.30. The van der Waals surface area contributed by atoms with Crippen molar-refractivity contribution < 1.29 is 49.8 Å². The second kappa shape index (κ2) is 19.8. The normalized spacial score (nSPS) is 17.4. The van der Waals surface area contributed by atoms with Crippen LogP contribution in [0.2, 0.25) is 0 Å². The van der Waals surface area contributed by atoms with Crippen molar-refractivity contribution in [2.24, 2.45) is 0 Å². The monoisotopic (exact) mass is 926 g/mol. The van der Waals surface area contributed by atoms with Crippen molar-refractivity contribution in [2.45, 2.75) is 62.1 Å². The van der Waals surface area contributed by atoms with Gasteiger partial charge in [0.25, 0.3) is 11.8 Å². The number of fused-ring (bicyclic) bond motifs is 2. The van der Waals surface area contributed by atoms with E-state index in [1.807, 2.05) is 48.5 Å². The summed E-state index contributed by atoms with van der Waals surface area (Å²) in [6.07, 6.45) is 7.47. The van der Waals surface area contributed by atoms with Crippen LogP contribution in [0.25, 0.3) is 33.7 Å². The van der Waals surface area contributed by atoms with Crippen LogP contribution in [0.5, 0.6) is 34.5 Å². The Morgan fingerprint density at radius 3 is 1.27 bits per heavy atom. The van der Waals surface area contributed by atoms with Crippen molar-refractivity contribution in [1.29, 1.82) is 0 Å². The van der Waals surface area contributed by atoms with Gasteiger partial charge in [-0.3, -0.25) is 30.0 Å². The quantitative estimate of drug-likeness (QED) is 0.0274. The number of aromatic hydroxyl groups is 6. The molecule has 16 heteroatoms. The molecule has 0 radical (unpaired) electrons. The molecule has 6 aromatic carbocycles. The van der Waals surface area contributed by atoms with E-state index in [4.69, 9.17) is 0 Å². The number of hydrogen-bond donors (Lipinski definition) is 8. The molecule has 0 bridgehead atoms. The minimum atomic E-state index is -0.806. The number of hydrazine groups is 2. The van der Waals surface area contributed by atoms with Crippen LogP contribution in [-0.4, -0.2) is 64.3 Å². The molecule has 2 unspecified atom stereocenters. The van der Waals surface area contributed by atoms with Gasteiger partial charge in [0.05, 0.1) is 9.81 Å². The zero-order valence-electron chi connectivity index (χ0n) is 35.4. The number of amides is 4. The fraction of sp³-hybridized carbons (Fsp3) is 0.200. The first-order valence-corrected chi connectivity index (χ1v) is 23.1. The molecular weight excluding hydrogens is 881 g/mol. The van der Waals surface area contributed by atoms with Crippen molar-refractivity contribution in [2.75, 3.05) is 0 Å². The molecule has 2 aliphatic rings. The zero-order valence-corrected chi connectivity index (χ0v) is 37.0. The lowest BCUT2D eigenvalue weighted by Gasteiger charge is -2.25. The Morgan fingerprint density at radius 2 is 0.864 bits per heavy atom. The summed E-state index contributed by atoms with van der Waals surface area (Å²) in [5.41, 5.74) is 7.39. The van der Waals surface area contributed by atoms with Crippen LogP contribution in [0.1, 0.15) is 84.4 Å². The van der Waals surface area contributed by atoms with E-state index < -0.39 is 22.6 Å². The number of phenols is 6. The third-order valence-electron chi connectivity index (χ3n) is 11.3. The first-order valence-electron chi connectivity index (χ1n) is 21.3. The molecule has 2 aliphatic heterocycles. The number of carbonyl (C=O) groups excluding carboxylic acids is 4. The molecule has 8 rings (SSSR count). The summed E-state index contributed by atoms with van der Waals surface area (Å²) < 4.78 is 0. The number of phenolic OH excluding ortho intramolecular Hbond substituents is 6. The van der Waals surface area contributed by atoms with Crippen molar-refractivity contribution in [3.63, 3.8) is 0 Å². The molecule has 14 nitrogen and oxygen atoms in total. The Labute approximate surface area is 387 Å². The highest BCUT2D eigenvalue weighted by Gasteiger charge is 2.42. The Bertz CT molecular complexity index is 2740. The van der Waals surface area contributed by atoms with Gasteiger partial charge in [-0.05, 0) is 94.1 Å². The summed E-state index contributed by atoms with van der Waals surface area (Å²) in [5.74, 6) is -3.12. The van der Waals surface area contributed by atoms with Gasteiger partial charge < -0.3 is 30.6 Å². The Kier molecular flexibility index (Phi) is 13.6. The molecule has 0 aromatic heterocycles. The minimum Gasteiger partial charge on any atom is -0.508 e. The lowest BCUT2D eigenvalue weighted by Crippen LogP contribution is -2.44. The molecule has 8 N–H and O–H groups in total. The number of rotatable bonds is 15. The molecule has 2 fully saturated rings. The van der Waals surface area contributed by atoms with Gasteiger partial charge in [0.15, 0.2) is 23.0 Å². The first-order chi connectivity index (χ1) is 31.9. The molecular formula is C50H46N4O10S2. The second-order valence-electron chi connectivity index (χ2n) is 15.9. The second-order valence-corrected chi connectivity index (χ2v) is 18.2. The van der Waals surface area contributed by atoms with Gasteiger partial charge in [0.2, 0.25) is 11.8 Å². The van der Waals surface area contributed by atoms with E-state index in [1.54, 1.807) is 48.6 Å². The van der Waals surface area contributed by atoms with Gasteiger partial charge in [-0.1, -0.05) is 122 Å². The Balaban J connectivity index is 0.849.